The van der Waals surface area contributed by atoms with Crippen LogP contribution in [0.15, 0.2) is 30.3 Å². The molecule has 0 spiro atoms. The summed E-state index contributed by atoms with van der Waals surface area (Å²) in [4.78, 5) is 11.0. The highest BCUT2D eigenvalue weighted by Crippen LogP contribution is 2.17. The van der Waals surface area contributed by atoms with Crippen molar-refractivity contribution in [2.24, 2.45) is 0 Å². The van der Waals surface area contributed by atoms with E-state index < -0.39 is 0 Å². The van der Waals surface area contributed by atoms with Gasteiger partial charge >= 0.3 is 5.97 Å². The second-order valence-corrected chi connectivity index (χ2v) is 4.68. The molecule has 0 aliphatic carbocycles. The fourth-order valence-corrected chi connectivity index (χ4v) is 2.08. The summed E-state index contributed by atoms with van der Waals surface area (Å²) in [5.74, 6) is -0.132. The Bertz CT molecular complexity index is 390. The van der Waals surface area contributed by atoms with Crippen LogP contribution in [0.25, 0.3) is 0 Å². The van der Waals surface area contributed by atoms with E-state index in [1.54, 1.807) is 0 Å². The number of hydrogen-bond donors (Lipinski definition) is 0. The van der Waals surface area contributed by atoms with Gasteiger partial charge in [-0.15, -0.1) is 0 Å². The number of rotatable bonds is 6. The molecule has 0 saturated carbocycles. The lowest BCUT2D eigenvalue weighted by molar-refractivity contribution is -0.167. The Morgan fingerprint density at radius 3 is 2.79 bits per heavy atom. The first-order valence-electron chi connectivity index (χ1n) is 6.68. The predicted octanol–water partition coefficient (Wildman–Crippen LogP) is 2.31. The Hall–Kier alpha value is -1.39. The topological polar surface area (TPSA) is 44.8 Å². The van der Waals surface area contributed by atoms with Crippen LogP contribution >= 0.6 is 0 Å². The van der Waals surface area contributed by atoms with E-state index in [2.05, 4.69) is 0 Å². The maximum absolute atomic E-state index is 11.0. The maximum Gasteiger partial charge on any atom is 0.306 e. The molecule has 4 heteroatoms. The van der Waals surface area contributed by atoms with Gasteiger partial charge in [-0.3, -0.25) is 4.79 Å². The Morgan fingerprint density at radius 1 is 1.26 bits per heavy atom. The van der Waals surface area contributed by atoms with E-state index in [1.807, 2.05) is 37.3 Å². The Labute approximate surface area is 113 Å². The highest BCUT2D eigenvalue weighted by Gasteiger charge is 2.27. The highest BCUT2D eigenvalue weighted by atomic mass is 16.6. The molecule has 0 bridgehead atoms. The first kappa shape index (κ1) is 14.0. The molecule has 0 amide bonds. The van der Waals surface area contributed by atoms with Crippen molar-refractivity contribution in [3.8, 4) is 0 Å². The standard InChI is InChI=1S/C15H20O4/c1-12-14(7-8-15(16)19-12)18-10-9-17-11-13-5-3-2-4-6-13/h2-6,12,14H,7-11H2,1H3. The molecule has 1 aromatic rings. The summed E-state index contributed by atoms with van der Waals surface area (Å²) in [6, 6.07) is 10.0. The lowest BCUT2D eigenvalue weighted by atomic mass is 10.1. The third-order valence-corrected chi connectivity index (χ3v) is 3.15. The first-order valence-corrected chi connectivity index (χ1v) is 6.68. The van der Waals surface area contributed by atoms with E-state index in [0.29, 0.717) is 26.2 Å². The summed E-state index contributed by atoms with van der Waals surface area (Å²) in [5, 5.41) is 0. The van der Waals surface area contributed by atoms with Gasteiger partial charge in [0.25, 0.3) is 0 Å². The zero-order valence-corrected chi connectivity index (χ0v) is 11.2. The largest absolute Gasteiger partial charge is 0.460 e. The Kier molecular flexibility index (Phi) is 5.36. The van der Waals surface area contributed by atoms with Crippen LogP contribution in [0.2, 0.25) is 0 Å². The summed E-state index contributed by atoms with van der Waals surface area (Å²) in [6.45, 7) is 3.54. The minimum Gasteiger partial charge on any atom is -0.460 e. The molecule has 1 aliphatic rings. The van der Waals surface area contributed by atoms with E-state index in [-0.39, 0.29) is 18.2 Å². The van der Waals surface area contributed by atoms with Gasteiger partial charge in [0.15, 0.2) is 0 Å². The van der Waals surface area contributed by atoms with E-state index in [4.69, 9.17) is 14.2 Å². The molecular formula is C15H20O4. The summed E-state index contributed by atoms with van der Waals surface area (Å²) >= 11 is 0. The smallest absolute Gasteiger partial charge is 0.306 e. The van der Waals surface area contributed by atoms with E-state index >= 15 is 0 Å². The molecule has 4 nitrogen and oxygen atoms in total. The fourth-order valence-electron chi connectivity index (χ4n) is 2.08. The van der Waals surface area contributed by atoms with Gasteiger partial charge < -0.3 is 14.2 Å². The summed E-state index contributed by atoms with van der Waals surface area (Å²) in [6.07, 6.45) is 1.02. The second-order valence-electron chi connectivity index (χ2n) is 4.68. The number of cyclic esters (lactones) is 1. The van der Waals surface area contributed by atoms with Gasteiger partial charge in [-0.2, -0.15) is 0 Å². The Morgan fingerprint density at radius 2 is 2.05 bits per heavy atom. The molecule has 1 heterocycles. The zero-order chi connectivity index (χ0) is 13.5. The van der Waals surface area contributed by atoms with Crippen LogP contribution in [0.4, 0.5) is 0 Å². The Balaban J connectivity index is 1.58. The van der Waals surface area contributed by atoms with E-state index in [0.717, 1.165) is 12.0 Å². The molecule has 1 fully saturated rings. The number of carbonyl (C=O) groups is 1. The van der Waals surface area contributed by atoms with Gasteiger partial charge in [0.2, 0.25) is 0 Å². The molecule has 0 N–H and O–H groups in total. The number of esters is 1. The number of benzene rings is 1. The third kappa shape index (κ3) is 4.65. The number of ether oxygens (including phenoxy) is 3. The minimum atomic E-state index is -0.157. The molecule has 104 valence electrons. The van der Waals surface area contributed by atoms with Crippen molar-refractivity contribution in [1.82, 2.24) is 0 Å². The molecular weight excluding hydrogens is 244 g/mol. The molecule has 19 heavy (non-hydrogen) atoms. The molecule has 0 aromatic heterocycles. The van der Waals surface area contributed by atoms with Gasteiger partial charge in [0.05, 0.1) is 25.9 Å². The quantitative estimate of drug-likeness (QED) is 0.584. The number of hydrogen-bond acceptors (Lipinski definition) is 4. The van der Waals surface area contributed by atoms with Gasteiger partial charge in [-0.1, -0.05) is 30.3 Å². The number of carbonyl (C=O) groups excluding carboxylic acids is 1. The molecule has 2 rings (SSSR count). The highest BCUT2D eigenvalue weighted by molar-refractivity contribution is 5.70. The van der Waals surface area contributed by atoms with Crippen LogP contribution in [-0.2, 0) is 25.6 Å². The normalized spacial score (nSPS) is 23.1. The monoisotopic (exact) mass is 264 g/mol. The van der Waals surface area contributed by atoms with Gasteiger partial charge in [0.1, 0.15) is 6.10 Å². The van der Waals surface area contributed by atoms with Crippen molar-refractivity contribution >= 4 is 5.97 Å². The minimum absolute atomic E-state index is 0.00183. The lowest BCUT2D eigenvalue weighted by Crippen LogP contribution is -2.37. The molecule has 1 saturated heterocycles. The molecule has 1 aliphatic heterocycles. The average Bonchev–Trinajstić information content (AvgIpc) is 2.42. The average molecular weight is 264 g/mol. The van der Waals surface area contributed by atoms with Crippen LogP contribution in [0, 0.1) is 0 Å². The fraction of sp³-hybridized carbons (Fsp3) is 0.533. The molecule has 0 radical (unpaired) electrons. The summed E-state index contributed by atoms with van der Waals surface area (Å²) in [7, 11) is 0. The van der Waals surface area contributed by atoms with Crippen LogP contribution < -0.4 is 0 Å². The van der Waals surface area contributed by atoms with Gasteiger partial charge in [-0.25, -0.2) is 0 Å². The summed E-state index contributed by atoms with van der Waals surface area (Å²) < 4.78 is 16.3. The van der Waals surface area contributed by atoms with Crippen LogP contribution in [0.5, 0.6) is 0 Å². The predicted molar refractivity (Wildman–Crippen MR) is 70.6 cm³/mol. The van der Waals surface area contributed by atoms with Crippen LogP contribution in [0.1, 0.15) is 25.3 Å². The van der Waals surface area contributed by atoms with E-state index in [9.17, 15) is 4.79 Å². The van der Waals surface area contributed by atoms with Crippen molar-refractivity contribution in [2.75, 3.05) is 13.2 Å². The van der Waals surface area contributed by atoms with Crippen molar-refractivity contribution in [3.05, 3.63) is 35.9 Å². The maximum atomic E-state index is 11.0. The molecule has 2 atom stereocenters. The van der Waals surface area contributed by atoms with Gasteiger partial charge in [-0.05, 0) is 18.9 Å². The molecule has 1 aromatic carbocycles. The first-order chi connectivity index (χ1) is 9.25. The van der Waals surface area contributed by atoms with Crippen LogP contribution in [0.3, 0.4) is 0 Å². The van der Waals surface area contributed by atoms with Crippen molar-refractivity contribution < 1.29 is 19.0 Å². The molecule has 2 unspecified atom stereocenters. The summed E-state index contributed by atoms with van der Waals surface area (Å²) in [5.41, 5.74) is 1.16. The van der Waals surface area contributed by atoms with E-state index in [1.165, 1.54) is 0 Å². The third-order valence-electron chi connectivity index (χ3n) is 3.15. The second kappa shape index (κ2) is 7.26. The van der Waals surface area contributed by atoms with Crippen molar-refractivity contribution in [1.29, 1.82) is 0 Å². The lowest BCUT2D eigenvalue weighted by Gasteiger charge is -2.28. The van der Waals surface area contributed by atoms with Crippen molar-refractivity contribution in [3.63, 3.8) is 0 Å². The van der Waals surface area contributed by atoms with Crippen LogP contribution in [-0.4, -0.2) is 31.4 Å². The van der Waals surface area contributed by atoms with Gasteiger partial charge in [0, 0.05) is 6.42 Å². The van der Waals surface area contributed by atoms with Crippen molar-refractivity contribution in [2.45, 2.75) is 38.6 Å². The SMILES string of the molecule is CC1OC(=O)CCC1OCCOCc1ccccc1. The zero-order valence-electron chi connectivity index (χ0n) is 11.2.